The number of aryl methyl sites for hydroxylation is 1. The van der Waals surface area contributed by atoms with Gasteiger partial charge in [-0.05, 0) is 36.6 Å². The van der Waals surface area contributed by atoms with E-state index in [0.29, 0.717) is 0 Å². The number of nitrogens with zero attached hydrogens (tertiary/aromatic N) is 1. The SMILES string of the molecule is CO[C@@H]1[C@@H](O)[C@@H](CO)C(N=C2CC(=O)c3c(cc4c(c3O)C(=O)[C@]3(OC)[C@H](O)Cc5cc(C)c(C(=O)NCc6ccccc6)c(O)c5[C@]3(O)C4=O)C2=O)O[C@H]1C. The highest BCUT2D eigenvalue weighted by atomic mass is 16.6. The molecule has 3 aromatic rings. The van der Waals surface area contributed by atoms with Crippen molar-refractivity contribution in [3.63, 3.8) is 0 Å². The summed E-state index contributed by atoms with van der Waals surface area (Å²) in [5, 5.41) is 71.2. The topological polar surface area (TPSA) is 259 Å². The third-order valence-corrected chi connectivity index (χ3v) is 11.5. The summed E-state index contributed by atoms with van der Waals surface area (Å²) in [6.07, 6.45) is -7.30. The number of ketones is 4. The van der Waals surface area contributed by atoms with Crippen LogP contribution in [0.3, 0.4) is 0 Å². The molecule has 0 spiro atoms. The molecule has 3 aliphatic carbocycles. The molecule has 1 saturated heterocycles. The minimum Gasteiger partial charge on any atom is -0.507 e. The van der Waals surface area contributed by atoms with Crippen molar-refractivity contribution in [2.75, 3.05) is 20.8 Å². The van der Waals surface area contributed by atoms with Gasteiger partial charge in [0.1, 0.15) is 17.6 Å². The van der Waals surface area contributed by atoms with Gasteiger partial charge in [0, 0.05) is 43.9 Å². The Labute approximate surface area is 319 Å². The molecule has 7 rings (SSSR count). The first-order valence-electron chi connectivity index (χ1n) is 17.8. The summed E-state index contributed by atoms with van der Waals surface area (Å²) < 4.78 is 16.7. The zero-order chi connectivity index (χ0) is 40.6. The van der Waals surface area contributed by atoms with E-state index in [2.05, 4.69) is 10.3 Å². The van der Waals surface area contributed by atoms with E-state index in [9.17, 15) is 54.6 Å². The Hall–Kier alpha value is -5.20. The summed E-state index contributed by atoms with van der Waals surface area (Å²) in [7, 11) is 2.28. The van der Waals surface area contributed by atoms with Gasteiger partial charge >= 0.3 is 0 Å². The summed E-state index contributed by atoms with van der Waals surface area (Å²) in [5.74, 6) is -8.39. The van der Waals surface area contributed by atoms with Crippen molar-refractivity contribution >= 4 is 34.8 Å². The molecule has 1 aliphatic heterocycles. The van der Waals surface area contributed by atoms with Crippen molar-refractivity contribution in [1.82, 2.24) is 5.32 Å². The predicted molar refractivity (Wildman–Crippen MR) is 193 cm³/mol. The van der Waals surface area contributed by atoms with Crippen molar-refractivity contribution in [3.05, 3.63) is 92.5 Å². The van der Waals surface area contributed by atoms with Crippen LogP contribution in [-0.4, -0.2) is 122 Å². The molecule has 16 heteroatoms. The number of nitrogens with one attached hydrogen (secondary N) is 1. The Morgan fingerprint density at radius 3 is 2.34 bits per heavy atom. The lowest BCUT2D eigenvalue weighted by molar-refractivity contribution is -0.206. The van der Waals surface area contributed by atoms with Crippen LogP contribution in [0, 0.1) is 12.8 Å². The van der Waals surface area contributed by atoms with Crippen LogP contribution in [-0.2, 0) is 32.8 Å². The summed E-state index contributed by atoms with van der Waals surface area (Å²) in [5.41, 5.74) is -9.28. The Bertz CT molecular complexity index is 2240. The van der Waals surface area contributed by atoms with Gasteiger partial charge in [0.15, 0.2) is 23.2 Å². The van der Waals surface area contributed by atoms with Gasteiger partial charge in [-0.15, -0.1) is 0 Å². The molecule has 0 saturated carbocycles. The van der Waals surface area contributed by atoms with Crippen molar-refractivity contribution in [2.24, 2.45) is 10.9 Å². The highest BCUT2D eigenvalue weighted by Gasteiger charge is 2.72. The smallest absolute Gasteiger partial charge is 0.255 e. The van der Waals surface area contributed by atoms with E-state index in [0.717, 1.165) is 18.7 Å². The van der Waals surface area contributed by atoms with E-state index in [1.54, 1.807) is 37.3 Å². The van der Waals surface area contributed by atoms with Crippen molar-refractivity contribution in [3.8, 4) is 11.5 Å². The summed E-state index contributed by atoms with van der Waals surface area (Å²) >= 11 is 0. The van der Waals surface area contributed by atoms with Gasteiger partial charge in [-0.1, -0.05) is 36.4 Å². The van der Waals surface area contributed by atoms with Crippen LogP contribution in [0.15, 0.2) is 47.5 Å². The second-order valence-corrected chi connectivity index (χ2v) is 14.5. The zero-order valence-corrected chi connectivity index (χ0v) is 30.7. The normalized spacial score (nSPS) is 30.4. The molecule has 3 aromatic carbocycles. The largest absolute Gasteiger partial charge is 0.507 e. The molecule has 1 amide bonds. The van der Waals surface area contributed by atoms with E-state index in [1.165, 1.54) is 20.1 Å². The van der Waals surface area contributed by atoms with E-state index in [1.807, 2.05) is 0 Å². The monoisotopic (exact) mass is 772 g/mol. The fourth-order valence-corrected chi connectivity index (χ4v) is 8.74. The molecule has 1 heterocycles. The summed E-state index contributed by atoms with van der Waals surface area (Å²) in [6, 6.07) is 11.1. The number of aliphatic imine (C=N–C) groups is 1. The number of hydrogen-bond acceptors (Lipinski definition) is 15. The number of aliphatic hydroxyl groups excluding tert-OH is 3. The molecular weight excluding hydrogens is 732 g/mol. The number of methoxy groups -OCH3 is 2. The number of fused-ring (bicyclic) bond motifs is 5. The van der Waals surface area contributed by atoms with Gasteiger partial charge in [-0.3, -0.25) is 29.0 Å². The maximum Gasteiger partial charge on any atom is 0.255 e. The van der Waals surface area contributed by atoms with Crippen LogP contribution >= 0.6 is 0 Å². The van der Waals surface area contributed by atoms with Crippen LogP contribution in [0.25, 0.3) is 0 Å². The number of amides is 1. The maximum absolute atomic E-state index is 14.8. The molecule has 7 N–H and O–H groups in total. The second kappa shape index (κ2) is 14.1. The molecule has 56 heavy (non-hydrogen) atoms. The Morgan fingerprint density at radius 1 is 1.00 bits per heavy atom. The van der Waals surface area contributed by atoms with Crippen molar-refractivity contribution < 1.29 is 68.8 Å². The van der Waals surface area contributed by atoms with Crippen LogP contribution in [0.1, 0.15) is 87.4 Å². The van der Waals surface area contributed by atoms with Crippen molar-refractivity contribution in [1.29, 1.82) is 0 Å². The van der Waals surface area contributed by atoms with E-state index >= 15 is 0 Å². The Kier molecular flexibility index (Phi) is 9.81. The summed E-state index contributed by atoms with van der Waals surface area (Å²) in [4.78, 5) is 75.0. The van der Waals surface area contributed by atoms with E-state index in [4.69, 9.17) is 14.2 Å². The number of carbonyl (C=O) groups excluding carboxylic acids is 5. The number of ether oxygens (including phenoxy) is 3. The van der Waals surface area contributed by atoms with Gasteiger partial charge in [-0.25, -0.2) is 0 Å². The average Bonchev–Trinajstić information content (AvgIpc) is 3.15. The number of phenols is 2. The number of aromatic hydroxyl groups is 2. The molecular formula is C40H40N2O14. The molecule has 4 aliphatic rings. The first-order valence-corrected chi connectivity index (χ1v) is 17.8. The molecule has 0 bridgehead atoms. The summed E-state index contributed by atoms with van der Waals surface area (Å²) in [6.45, 7) is 2.50. The highest BCUT2D eigenvalue weighted by Crippen LogP contribution is 2.56. The van der Waals surface area contributed by atoms with Crippen molar-refractivity contribution in [2.45, 2.75) is 75.1 Å². The number of aliphatic hydroxyl groups is 4. The highest BCUT2D eigenvalue weighted by molar-refractivity contribution is 6.53. The van der Waals surface area contributed by atoms with Gasteiger partial charge in [0.05, 0.1) is 59.7 Å². The van der Waals surface area contributed by atoms with Crippen LogP contribution in [0.5, 0.6) is 11.5 Å². The molecule has 16 nitrogen and oxygen atoms in total. The Balaban J connectivity index is 1.36. The van der Waals surface area contributed by atoms with Gasteiger partial charge in [0.2, 0.25) is 17.3 Å². The third-order valence-electron chi connectivity index (χ3n) is 11.5. The number of carbonyl (C=O) groups is 5. The number of hydrogen-bond donors (Lipinski definition) is 7. The molecule has 1 fully saturated rings. The van der Waals surface area contributed by atoms with Crippen LogP contribution in [0.2, 0.25) is 0 Å². The lowest BCUT2D eigenvalue weighted by Crippen LogP contribution is -2.73. The molecule has 294 valence electrons. The predicted octanol–water partition coefficient (Wildman–Crippen LogP) is 0.845. The fourth-order valence-electron chi connectivity index (χ4n) is 8.74. The lowest BCUT2D eigenvalue weighted by Gasteiger charge is -2.53. The Morgan fingerprint density at radius 2 is 1.70 bits per heavy atom. The van der Waals surface area contributed by atoms with E-state index in [-0.39, 0.29) is 23.2 Å². The number of benzene rings is 3. The second-order valence-electron chi connectivity index (χ2n) is 14.5. The zero-order valence-electron chi connectivity index (χ0n) is 30.7. The van der Waals surface area contributed by atoms with Crippen LogP contribution < -0.4 is 5.32 Å². The maximum atomic E-state index is 14.8. The number of rotatable bonds is 7. The van der Waals surface area contributed by atoms with Crippen LogP contribution in [0.4, 0.5) is 0 Å². The average molecular weight is 773 g/mol. The molecule has 1 unspecified atom stereocenters. The first kappa shape index (κ1) is 39.1. The fraction of sp³-hybridized carbons (Fsp3) is 0.400. The number of phenolic OH excluding ortho intramolecular Hbond substituents is 2. The molecule has 0 radical (unpaired) electrons. The lowest BCUT2D eigenvalue weighted by atomic mass is 9.56. The molecule has 8 atom stereocenters. The minimum atomic E-state index is -3.25. The van der Waals surface area contributed by atoms with Gasteiger partial charge < -0.3 is 50.2 Å². The standard InChI is InChI=1S/C40H40N2O14/c1-16-10-19-11-25(45)40(55-4)36(51)28-21(35(50)39(40,53)29(19)33(49)26(16)37(52)41-14-18-8-6-5-7-9-18)12-20-27(32(28)48)24(44)13-23(30(20)46)42-38-22(15-43)31(47)34(54-3)17(2)56-38/h5-10,12,17,22,25,31,34,38,43,45,47-49,53H,11,13-15H2,1-4H3,(H,41,52)/t17-,22+,25+,31-,34-,38?,39-,40+/m0/s1. The third kappa shape index (κ3) is 5.39. The quantitative estimate of drug-likeness (QED) is 0.176. The first-order chi connectivity index (χ1) is 26.6. The van der Waals surface area contributed by atoms with E-state index < -0.39 is 141 Å². The number of Topliss-reactive ketones (excluding diaryl/α,β-unsaturated/α-hetero) is 4. The molecule has 0 aromatic heterocycles. The van der Waals surface area contributed by atoms with Gasteiger partial charge in [0.25, 0.3) is 5.91 Å². The minimum absolute atomic E-state index is 0.00721. The van der Waals surface area contributed by atoms with Gasteiger partial charge in [-0.2, -0.15) is 0 Å².